The summed E-state index contributed by atoms with van der Waals surface area (Å²) in [5, 5.41) is 23.7. The van der Waals surface area contributed by atoms with Crippen molar-refractivity contribution in [2.24, 2.45) is 5.16 Å². The second-order valence-electron chi connectivity index (χ2n) is 8.68. The van der Waals surface area contributed by atoms with Crippen molar-refractivity contribution in [3.63, 3.8) is 0 Å². The number of oxime groups is 1. The summed E-state index contributed by atoms with van der Waals surface area (Å²) in [6, 6.07) is 18.6. The first-order valence-electron chi connectivity index (χ1n) is 11.2. The number of nitrogens with zero attached hydrogens (tertiary/aromatic N) is 4. The topological polar surface area (TPSA) is 87.9 Å². The molecule has 2 aromatic carbocycles. The van der Waals surface area contributed by atoms with Crippen molar-refractivity contribution in [3.05, 3.63) is 99.9 Å². The average molecular weight is 457 g/mol. The molecule has 0 aliphatic carbocycles. The number of carbonyl (C=O) groups excluding carboxylic acids is 1. The van der Waals surface area contributed by atoms with Crippen molar-refractivity contribution < 1.29 is 14.7 Å². The number of hydrogen-bond donors (Lipinski definition) is 1. The fourth-order valence-electron chi connectivity index (χ4n) is 4.04. The van der Waals surface area contributed by atoms with E-state index in [4.69, 9.17) is 4.84 Å². The maximum absolute atomic E-state index is 13.4. The maximum atomic E-state index is 13.4. The summed E-state index contributed by atoms with van der Waals surface area (Å²) in [5.41, 5.74) is 5.26. The fourth-order valence-corrected chi connectivity index (χ4v) is 4.04. The molecule has 174 valence electrons. The Morgan fingerprint density at radius 2 is 1.68 bits per heavy atom. The van der Waals surface area contributed by atoms with Crippen LogP contribution in [0.3, 0.4) is 0 Å². The van der Waals surface area contributed by atoms with Crippen LogP contribution in [0.15, 0.2) is 77.2 Å². The van der Waals surface area contributed by atoms with E-state index >= 15 is 0 Å². The first-order valence-corrected chi connectivity index (χ1v) is 11.2. The number of amides is 1. The van der Waals surface area contributed by atoms with Crippen LogP contribution in [0.2, 0.25) is 0 Å². The third-order valence-corrected chi connectivity index (χ3v) is 5.92. The minimum absolute atomic E-state index is 0.343. The third kappa shape index (κ3) is 4.29. The molecule has 34 heavy (non-hydrogen) atoms. The Kier molecular flexibility index (Phi) is 6.45. The molecule has 7 nitrogen and oxygen atoms in total. The summed E-state index contributed by atoms with van der Waals surface area (Å²) in [6.07, 6.45) is 0. The molecule has 0 bridgehead atoms. The number of benzene rings is 2. The van der Waals surface area contributed by atoms with Gasteiger partial charge in [-0.25, -0.2) is 0 Å². The van der Waals surface area contributed by atoms with Gasteiger partial charge in [0.05, 0.1) is 17.3 Å². The average Bonchev–Trinajstić information content (AvgIpc) is 3.09. The van der Waals surface area contributed by atoms with Crippen LogP contribution in [0.4, 0.5) is 5.82 Å². The molecule has 0 spiro atoms. The quantitative estimate of drug-likeness (QED) is 0.408. The van der Waals surface area contributed by atoms with Crippen molar-refractivity contribution in [1.29, 1.82) is 0 Å². The molecule has 1 aliphatic rings. The lowest BCUT2D eigenvalue weighted by molar-refractivity contribution is -0.117. The molecule has 1 amide bonds. The Morgan fingerprint density at radius 3 is 2.24 bits per heavy atom. The number of carbonyl (C=O) groups is 1. The standard InChI is InChI=1S/C27H28N4O3/c1-16(2)19-11-13-21(14-12-19)25-23(24(30-34-5)20-9-6-17(3)7-10-20)26(32)27(33)31(25)22-15-8-18(4)28-29-22/h6-16,25,32H,1-5H3/b30-24-. The lowest BCUT2D eigenvalue weighted by Crippen LogP contribution is -2.32. The van der Waals surface area contributed by atoms with Gasteiger partial charge < -0.3 is 9.94 Å². The summed E-state index contributed by atoms with van der Waals surface area (Å²) >= 11 is 0. The van der Waals surface area contributed by atoms with E-state index in [0.29, 0.717) is 23.0 Å². The predicted molar refractivity (Wildman–Crippen MR) is 132 cm³/mol. The van der Waals surface area contributed by atoms with E-state index < -0.39 is 17.7 Å². The number of aliphatic hydroxyl groups excluding tert-OH is 1. The van der Waals surface area contributed by atoms with Crippen molar-refractivity contribution in [2.45, 2.75) is 39.7 Å². The first kappa shape index (κ1) is 23.2. The Labute approximate surface area is 199 Å². The van der Waals surface area contributed by atoms with Crippen LogP contribution < -0.4 is 4.90 Å². The highest BCUT2D eigenvalue weighted by molar-refractivity contribution is 6.22. The van der Waals surface area contributed by atoms with Gasteiger partial charge in [-0.1, -0.05) is 73.1 Å². The third-order valence-electron chi connectivity index (χ3n) is 5.92. The molecule has 0 saturated heterocycles. The molecule has 4 rings (SSSR count). The zero-order chi connectivity index (χ0) is 24.4. The Morgan fingerprint density at radius 1 is 1.00 bits per heavy atom. The van der Waals surface area contributed by atoms with Crippen LogP contribution in [0.25, 0.3) is 0 Å². The van der Waals surface area contributed by atoms with Crippen LogP contribution in [-0.2, 0) is 9.63 Å². The van der Waals surface area contributed by atoms with Gasteiger partial charge in [-0.2, -0.15) is 5.10 Å². The van der Waals surface area contributed by atoms with E-state index in [1.807, 2.05) is 62.4 Å². The number of hydrogen-bond acceptors (Lipinski definition) is 6. The van der Waals surface area contributed by atoms with Gasteiger partial charge in [-0.05, 0) is 43.0 Å². The minimum atomic E-state index is -0.666. The van der Waals surface area contributed by atoms with E-state index in [2.05, 4.69) is 29.2 Å². The van der Waals surface area contributed by atoms with E-state index in [-0.39, 0.29) is 0 Å². The lowest BCUT2D eigenvalue weighted by atomic mass is 9.90. The number of aromatic nitrogens is 2. The van der Waals surface area contributed by atoms with Crippen LogP contribution >= 0.6 is 0 Å². The highest BCUT2D eigenvalue weighted by Gasteiger charge is 2.44. The van der Waals surface area contributed by atoms with E-state index in [0.717, 1.165) is 22.4 Å². The van der Waals surface area contributed by atoms with Gasteiger partial charge in [0.25, 0.3) is 5.91 Å². The SMILES string of the molecule is CO/N=C(\C1=C(O)C(=O)N(c2ccc(C)nn2)C1c1ccc(C(C)C)cc1)c1ccc(C)cc1. The van der Waals surface area contributed by atoms with Crippen molar-refractivity contribution in [1.82, 2.24) is 10.2 Å². The highest BCUT2D eigenvalue weighted by atomic mass is 16.6. The molecule has 0 saturated carbocycles. The van der Waals surface area contributed by atoms with Gasteiger partial charge in [0.1, 0.15) is 12.8 Å². The molecule has 7 heteroatoms. The molecule has 1 atom stereocenters. The van der Waals surface area contributed by atoms with Crippen molar-refractivity contribution in [3.8, 4) is 0 Å². The number of aryl methyl sites for hydroxylation is 2. The van der Waals surface area contributed by atoms with Crippen molar-refractivity contribution >= 4 is 17.4 Å². The number of anilines is 1. The van der Waals surface area contributed by atoms with E-state index in [1.54, 1.807) is 12.1 Å². The normalized spacial score (nSPS) is 16.5. The number of rotatable bonds is 6. The summed E-state index contributed by atoms with van der Waals surface area (Å²) < 4.78 is 0. The Hall–Kier alpha value is -4.00. The molecule has 1 unspecified atom stereocenters. The molecular weight excluding hydrogens is 428 g/mol. The second kappa shape index (κ2) is 9.47. The first-order chi connectivity index (χ1) is 16.3. The molecule has 0 radical (unpaired) electrons. The minimum Gasteiger partial charge on any atom is -0.503 e. The molecule has 1 N–H and O–H groups in total. The maximum Gasteiger partial charge on any atom is 0.295 e. The van der Waals surface area contributed by atoms with Gasteiger partial charge in [0, 0.05) is 5.56 Å². The second-order valence-corrected chi connectivity index (χ2v) is 8.68. The van der Waals surface area contributed by atoms with Gasteiger partial charge in [-0.3, -0.25) is 9.69 Å². The molecule has 1 aliphatic heterocycles. The van der Waals surface area contributed by atoms with E-state index in [1.165, 1.54) is 17.6 Å². The lowest BCUT2D eigenvalue weighted by Gasteiger charge is -2.26. The monoisotopic (exact) mass is 456 g/mol. The summed E-state index contributed by atoms with van der Waals surface area (Å²) in [4.78, 5) is 20.0. The number of aliphatic hydroxyl groups is 1. The predicted octanol–water partition coefficient (Wildman–Crippen LogP) is 5.17. The fraction of sp³-hybridized carbons (Fsp3) is 0.259. The smallest absolute Gasteiger partial charge is 0.295 e. The summed E-state index contributed by atoms with van der Waals surface area (Å²) in [7, 11) is 1.44. The van der Waals surface area contributed by atoms with E-state index in [9.17, 15) is 9.90 Å². The Balaban J connectivity index is 1.91. The zero-order valence-electron chi connectivity index (χ0n) is 20.0. The van der Waals surface area contributed by atoms with Crippen LogP contribution in [0.5, 0.6) is 0 Å². The molecule has 3 aromatic rings. The Bertz CT molecular complexity index is 1240. The van der Waals surface area contributed by atoms with Gasteiger partial charge in [0.2, 0.25) is 0 Å². The van der Waals surface area contributed by atoms with Gasteiger partial charge in [0.15, 0.2) is 11.6 Å². The van der Waals surface area contributed by atoms with Gasteiger partial charge in [-0.15, -0.1) is 5.10 Å². The largest absolute Gasteiger partial charge is 0.503 e. The highest BCUT2D eigenvalue weighted by Crippen LogP contribution is 2.41. The summed E-state index contributed by atoms with van der Waals surface area (Å²) in [5.74, 6) is -0.255. The van der Waals surface area contributed by atoms with Crippen LogP contribution in [0, 0.1) is 13.8 Å². The molecule has 1 aromatic heterocycles. The van der Waals surface area contributed by atoms with Crippen molar-refractivity contribution in [2.75, 3.05) is 12.0 Å². The molecular formula is C27H28N4O3. The van der Waals surface area contributed by atoms with Crippen LogP contribution in [-0.4, -0.2) is 34.0 Å². The molecule has 2 heterocycles. The van der Waals surface area contributed by atoms with Crippen LogP contribution in [0.1, 0.15) is 53.8 Å². The van der Waals surface area contributed by atoms with Gasteiger partial charge >= 0.3 is 0 Å². The zero-order valence-corrected chi connectivity index (χ0v) is 20.0. The summed E-state index contributed by atoms with van der Waals surface area (Å²) in [6.45, 7) is 8.07. The molecule has 0 fully saturated rings.